The molecule has 2 N–H and O–H groups in total. The lowest BCUT2D eigenvalue weighted by Gasteiger charge is -2.33. The Morgan fingerprint density at radius 3 is 2.63 bits per heavy atom. The van der Waals surface area contributed by atoms with Gasteiger partial charge in [-0.3, -0.25) is 0 Å². The number of anilines is 2. The molecule has 0 amide bonds. The second kappa shape index (κ2) is 4.83. The van der Waals surface area contributed by atoms with Crippen molar-refractivity contribution in [2.24, 2.45) is 5.92 Å². The third kappa shape index (κ3) is 2.49. The maximum absolute atomic E-state index is 4.40. The molecule has 0 saturated heterocycles. The number of nitrogens with zero attached hydrogens (tertiary/aromatic N) is 5. The van der Waals surface area contributed by atoms with Crippen molar-refractivity contribution in [3.63, 3.8) is 0 Å². The topological polar surface area (TPSA) is 80.5 Å². The molecule has 1 aliphatic carbocycles. The molecule has 2 aromatic rings. The van der Waals surface area contributed by atoms with Crippen LogP contribution in [0.4, 0.5) is 11.9 Å². The minimum atomic E-state index is 0.465. The number of nitrogens with one attached hydrogen (secondary N) is 2. The minimum absolute atomic E-state index is 0.465. The van der Waals surface area contributed by atoms with Crippen LogP contribution in [0, 0.1) is 5.92 Å². The predicted molar refractivity (Wildman–Crippen MR) is 72.3 cm³/mol. The van der Waals surface area contributed by atoms with Crippen molar-refractivity contribution >= 4 is 11.9 Å². The van der Waals surface area contributed by atoms with E-state index in [9.17, 15) is 0 Å². The molecule has 0 unspecified atom stereocenters. The summed E-state index contributed by atoms with van der Waals surface area (Å²) in [6.45, 7) is 2.25. The number of hydrogen-bond acceptors (Lipinski definition) is 6. The first-order valence-electron chi connectivity index (χ1n) is 6.45. The van der Waals surface area contributed by atoms with E-state index in [0.717, 1.165) is 18.8 Å². The van der Waals surface area contributed by atoms with Crippen molar-refractivity contribution in [2.75, 3.05) is 17.7 Å². The van der Waals surface area contributed by atoms with Crippen LogP contribution in [0.3, 0.4) is 0 Å². The van der Waals surface area contributed by atoms with Crippen LogP contribution in [0.1, 0.15) is 19.8 Å². The first-order valence-corrected chi connectivity index (χ1v) is 6.45. The van der Waals surface area contributed by atoms with Gasteiger partial charge in [-0.25, -0.2) is 4.68 Å². The standard InChI is InChI=1S/C12H17N7/c1-8-6-9(7-8)15-11-16-10(13-2)17-12(18-11)19-5-3-4-14-19/h3-5,8-9H,6-7H2,1-2H3,(H2,13,15,16,17,18). The number of aromatic nitrogens is 5. The lowest BCUT2D eigenvalue weighted by molar-refractivity contribution is 0.308. The molecule has 0 atom stereocenters. The first kappa shape index (κ1) is 11.9. The van der Waals surface area contributed by atoms with Gasteiger partial charge < -0.3 is 10.6 Å². The van der Waals surface area contributed by atoms with E-state index >= 15 is 0 Å². The highest BCUT2D eigenvalue weighted by Crippen LogP contribution is 2.28. The average molecular weight is 259 g/mol. The molecule has 1 fully saturated rings. The van der Waals surface area contributed by atoms with Crippen molar-refractivity contribution in [2.45, 2.75) is 25.8 Å². The molecule has 0 aromatic carbocycles. The van der Waals surface area contributed by atoms with Gasteiger partial charge in [0.05, 0.1) is 0 Å². The second-order valence-corrected chi connectivity index (χ2v) is 4.90. The van der Waals surface area contributed by atoms with Crippen LogP contribution in [-0.2, 0) is 0 Å². The largest absolute Gasteiger partial charge is 0.357 e. The lowest BCUT2D eigenvalue weighted by Crippen LogP contribution is -2.34. The van der Waals surface area contributed by atoms with Crippen molar-refractivity contribution in [3.05, 3.63) is 18.5 Å². The molecule has 19 heavy (non-hydrogen) atoms. The normalized spacial score (nSPS) is 21.8. The van der Waals surface area contributed by atoms with Gasteiger partial charge in [0.15, 0.2) is 0 Å². The van der Waals surface area contributed by atoms with Gasteiger partial charge in [-0.1, -0.05) is 6.92 Å². The van der Waals surface area contributed by atoms with Gasteiger partial charge in [-0.2, -0.15) is 20.1 Å². The van der Waals surface area contributed by atoms with Crippen molar-refractivity contribution in [1.82, 2.24) is 24.7 Å². The molecule has 2 heterocycles. The number of rotatable bonds is 4. The summed E-state index contributed by atoms with van der Waals surface area (Å²) in [4.78, 5) is 13.0. The smallest absolute Gasteiger partial charge is 0.257 e. The fourth-order valence-corrected chi connectivity index (χ4v) is 2.23. The fourth-order valence-electron chi connectivity index (χ4n) is 2.23. The SMILES string of the molecule is CNc1nc(NC2CC(C)C2)nc(-n2cccn2)n1. The highest BCUT2D eigenvalue weighted by atomic mass is 15.4. The zero-order valence-corrected chi connectivity index (χ0v) is 11.0. The summed E-state index contributed by atoms with van der Waals surface area (Å²) in [5.74, 6) is 2.44. The molecule has 1 aliphatic rings. The maximum atomic E-state index is 4.40. The van der Waals surface area contributed by atoms with Gasteiger partial charge in [0.1, 0.15) is 0 Å². The van der Waals surface area contributed by atoms with Crippen LogP contribution in [0.5, 0.6) is 0 Å². The molecular weight excluding hydrogens is 242 g/mol. The Kier molecular flexibility index (Phi) is 3.02. The van der Waals surface area contributed by atoms with Gasteiger partial charge in [0, 0.05) is 25.5 Å². The molecule has 0 aliphatic heterocycles. The maximum Gasteiger partial charge on any atom is 0.257 e. The summed E-state index contributed by atoms with van der Waals surface area (Å²) in [5, 5.41) is 10.4. The summed E-state index contributed by atoms with van der Waals surface area (Å²) in [7, 11) is 1.79. The van der Waals surface area contributed by atoms with E-state index < -0.39 is 0 Å². The molecule has 0 bridgehead atoms. The Balaban J connectivity index is 1.85. The Labute approximate surface area is 111 Å². The van der Waals surface area contributed by atoms with E-state index in [-0.39, 0.29) is 0 Å². The highest BCUT2D eigenvalue weighted by Gasteiger charge is 2.26. The average Bonchev–Trinajstić information content (AvgIpc) is 2.90. The third-order valence-corrected chi connectivity index (χ3v) is 3.26. The van der Waals surface area contributed by atoms with E-state index in [0.29, 0.717) is 23.9 Å². The van der Waals surface area contributed by atoms with Gasteiger partial charge in [-0.15, -0.1) is 0 Å². The highest BCUT2D eigenvalue weighted by molar-refractivity contribution is 5.38. The molecule has 0 spiro atoms. The van der Waals surface area contributed by atoms with E-state index in [2.05, 4.69) is 37.6 Å². The van der Waals surface area contributed by atoms with Crippen LogP contribution in [-0.4, -0.2) is 37.8 Å². The molecular formula is C12H17N7. The van der Waals surface area contributed by atoms with Crippen LogP contribution in [0.25, 0.3) is 5.95 Å². The Morgan fingerprint density at radius 2 is 2.00 bits per heavy atom. The van der Waals surface area contributed by atoms with E-state index in [1.165, 1.54) is 0 Å². The van der Waals surface area contributed by atoms with Crippen molar-refractivity contribution < 1.29 is 0 Å². The molecule has 7 heteroatoms. The molecule has 1 saturated carbocycles. The number of hydrogen-bond donors (Lipinski definition) is 2. The van der Waals surface area contributed by atoms with E-state index in [1.54, 1.807) is 17.9 Å². The summed E-state index contributed by atoms with van der Waals surface area (Å²) < 4.78 is 1.62. The molecule has 0 radical (unpaired) electrons. The van der Waals surface area contributed by atoms with Gasteiger partial charge in [0.2, 0.25) is 11.9 Å². The van der Waals surface area contributed by atoms with Crippen molar-refractivity contribution in [3.8, 4) is 5.95 Å². The van der Waals surface area contributed by atoms with Gasteiger partial charge in [-0.05, 0) is 24.8 Å². The summed E-state index contributed by atoms with van der Waals surface area (Å²) in [5.41, 5.74) is 0. The van der Waals surface area contributed by atoms with Gasteiger partial charge >= 0.3 is 0 Å². The Bertz CT molecular complexity index is 545. The van der Waals surface area contributed by atoms with Crippen molar-refractivity contribution in [1.29, 1.82) is 0 Å². The zero-order chi connectivity index (χ0) is 13.2. The van der Waals surface area contributed by atoms with Crippen LogP contribution in [0.15, 0.2) is 18.5 Å². The Morgan fingerprint density at radius 1 is 1.21 bits per heavy atom. The third-order valence-electron chi connectivity index (χ3n) is 3.26. The second-order valence-electron chi connectivity index (χ2n) is 4.90. The molecule has 100 valence electrons. The van der Waals surface area contributed by atoms with Gasteiger partial charge in [0.25, 0.3) is 5.95 Å². The van der Waals surface area contributed by atoms with Crippen LogP contribution >= 0.6 is 0 Å². The molecule has 2 aromatic heterocycles. The summed E-state index contributed by atoms with van der Waals surface area (Å²) >= 11 is 0. The summed E-state index contributed by atoms with van der Waals surface area (Å²) in [6, 6.07) is 2.30. The zero-order valence-electron chi connectivity index (χ0n) is 11.0. The quantitative estimate of drug-likeness (QED) is 0.861. The van der Waals surface area contributed by atoms with E-state index in [1.807, 2.05) is 12.3 Å². The monoisotopic (exact) mass is 259 g/mol. The fraction of sp³-hybridized carbons (Fsp3) is 0.500. The first-order chi connectivity index (χ1) is 9.24. The van der Waals surface area contributed by atoms with E-state index in [4.69, 9.17) is 0 Å². The lowest BCUT2D eigenvalue weighted by atomic mass is 9.82. The molecule has 7 nitrogen and oxygen atoms in total. The van der Waals surface area contributed by atoms with Crippen LogP contribution in [0.2, 0.25) is 0 Å². The predicted octanol–water partition coefficient (Wildman–Crippen LogP) is 1.31. The minimum Gasteiger partial charge on any atom is -0.357 e. The summed E-state index contributed by atoms with van der Waals surface area (Å²) in [6.07, 6.45) is 5.84. The Hall–Kier alpha value is -2.18. The van der Waals surface area contributed by atoms with Crippen LogP contribution < -0.4 is 10.6 Å². The molecule has 3 rings (SSSR count).